The molecule has 0 radical (unpaired) electrons. The highest BCUT2D eigenvalue weighted by Gasteiger charge is 2.27. The van der Waals surface area contributed by atoms with E-state index < -0.39 is 10.7 Å². The molecule has 3 heterocycles. The number of nitrogens with one attached hydrogen (secondary N) is 2. The number of rotatable bonds is 7. The topological polar surface area (TPSA) is 114 Å². The van der Waals surface area contributed by atoms with Gasteiger partial charge in [0.15, 0.2) is 5.82 Å². The van der Waals surface area contributed by atoms with Gasteiger partial charge in [-0.1, -0.05) is 0 Å². The molecule has 2 aromatic heterocycles. The Morgan fingerprint density at radius 3 is 2.97 bits per heavy atom. The molecule has 0 amide bonds. The van der Waals surface area contributed by atoms with Crippen molar-refractivity contribution < 1.29 is 14.1 Å². The summed E-state index contributed by atoms with van der Waals surface area (Å²) in [5.74, 6) is -0.205. The molecule has 1 unspecified atom stereocenters. The number of benzene rings is 1. The number of halogens is 1. The highest BCUT2D eigenvalue weighted by Crippen LogP contribution is 2.32. The maximum atomic E-state index is 14.4. The summed E-state index contributed by atoms with van der Waals surface area (Å²) in [6, 6.07) is 2.92. The van der Waals surface area contributed by atoms with Gasteiger partial charge in [0.1, 0.15) is 18.2 Å². The first-order valence-electron chi connectivity index (χ1n) is 9.86. The highest BCUT2D eigenvalue weighted by atomic mass is 19.1. The Hall–Kier alpha value is -3.05. The highest BCUT2D eigenvalue weighted by molar-refractivity contribution is 5.83. The molecule has 1 aliphatic heterocycles. The lowest BCUT2D eigenvalue weighted by atomic mass is 10.2. The number of fused-ring (bicyclic) bond motifs is 1. The van der Waals surface area contributed by atoms with Crippen molar-refractivity contribution in [1.29, 1.82) is 0 Å². The molecular formula is C19H24FN7O3. The minimum absolute atomic E-state index is 0.105. The van der Waals surface area contributed by atoms with E-state index in [1.54, 1.807) is 6.07 Å². The maximum absolute atomic E-state index is 14.4. The van der Waals surface area contributed by atoms with E-state index in [0.717, 1.165) is 25.8 Å². The van der Waals surface area contributed by atoms with Crippen LogP contribution in [0.4, 0.5) is 15.8 Å². The second kappa shape index (κ2) is 8.36. The van der Waals surface area contributed by atoms with Crippen LogP contribution in [0, 0.1) is 15.9 Å². The number of ether oxygens (including phenoxy) is 1. The number of anilines is 1. The van der Waals surface area contributed by atoms with Gasteiger partial charge in [0, 0.05) is 25.8 Å². The molecule has 10 nitrogen and oxygen atoms in total. The van der Waals surface area contributed by atoms with Crippen molar-refractivity contribution in [3.05, 3.63) is 34.3 Å². The third-order valence-corrected chi connectivity index (χ3v) is 5.03. The summed E-state index contributed by atoms with van der Waals surface area (Å²) in [5.41, 5.74) is 1.20. The van der Waals surface area contributed by atoms with Gasteiger partial charge in [-0.25, -0.2) is 14.1 Å². The van der Waals surface area contributed by atoms with Gasteiger partial charge in [0.25, 0.3) is 0 Å². The van der Waals surface area contributed by atoms with Gasteiger partial charge in [0.05, 0.1) is 21.6 Å². The maximum Gasteiger partial charge on any atom is 0.318 e. The van der Waals surface area contributed by atoms with Crippen LogP contribution in [0.25, 0.3) is 22.6 Å². The number of nitrogens with zero attached hydrogens (tertiary/aromatic N) is 5. The number of likely N-dealkylation sites (N-methyl/N-ethyl adjacent to an activating group) is 1. The molecule has 11 heteroatoms. The summed E-state index contributed by atoms with van der Waals surface area (Å²) in [4.78, 5) is 20.5. The molecule has 1 aromatic carbocycles. The van der Waals surface area contributed by atoms with Gasteiger partial charge in [-0.2, -0.15) is 5.10 Å². The number of aromatic amines is 1. The standard InChI is InChI=1S/C19H24FN7O3/c1-25(2)7-6-21-13-10-15-14(9-12(13)20)22-19(23-15)18-16(27(28)29)11-26(24-18)17-5-3-4-8-30-17/h9-11,17,21H,3-8H2,1-2H3,(H,22,23). The van der Waals surface area contributed by atoms with Crippen molar-refractivity contribution in [2.24, 2.45) is 0 Å². The molecule has 30 heavy (non-hydrogen) atoms. The molecule has 4 rings (SSSR count). The van der Waals surface area contributed by atoms with Gasteiger partial charge in [-0.15, -0.1) is 0 Å². The number of hydrogen-bond acceptors (Lipinski definition) is 7. The number of imidazole rings is 1. The smallest absolute Gasteiger partial charge is 0.318 e. The number of H-pyrrole nitrogens is 1. The zero-order valence-electron chi connectivity index (χ0n) is 16.9. The van der Waals surface area contributed by atoms with Crippen molar-refractivity contribution >= 4 is 22.4 Å². The van der Waals surface area contributed by atoms with Crippen LogP contribution in [0.1, 0.15) is 25.5 Å². The Labute approximate surface area is 172 Å². The molecule has 0 aliphatic carbocycles. The fourth-order valence-corrected chi connectivity index (χ4v) is 3.46. The molecule has 1 saturated heterocycles. The third kappa shape index (κ3) is 4.12. The number of aromatic nitrogens is 4. The third-order valence-electron chi connectivity index (χ3n) is 5.03. The normalized spacial score (nSPS) is 17.0. The lowest BCUT2D eigenvalue weighted by Gasteiger charge is -2.22. The average molecular weight is 417 g/mol. The molecule has 1 atom stereocenters. The van der Waals surface area contributed by atoms with Gasteiger partial charge >= 0.3 is 5.69 Å². The lowest BCUT2D eigenvalue weighted by Crippen LogP contribution is -2.21. The molecule has 1 aliphatic rings. The summed E-state index contributed by atoms with van der Waals surface area (Å²) in [6.07, 6.45) is 3.72. The molecule has 3 aromatic rings. The second-order valence-corrected chi connectivity index (χ2v) is 7.59. The predicted octanol–water partition coefficient (Wildman–Crippen LogP) is 3.15. The minimum atomic E-state index is -0.496. The van der Waals surface area contributed by atoms with Crippen molar-refractivity contribution in [2.75, 3.05) is 39.1 Å². The quantitative estimate of drug-likeness (QED) is 0.448. The van der Waals surface area contributed by atoms with Crippen molar-refractivity contribution in [2.45, 2.75) is 25.5 Å². The van der Waals surface area contributed by atoms with E-state index in [1.807, 2.05) is 19.0 Å². The van der Waals surface area contributed by atoms with Gasteiger partial charge in [-0.05, 0) is 39.4 Å². The fraction of sp³-hybridized carbons (Fsp3) is 0.474. The molecule has 0 saturated carbocycles. The summed E-state index contributed by atoms with van der Waals surface area (Å²) < 4.78 is 21.6. The van der Waals surface area contributed by atoms with Crippen LogP contribution < -0.4 is 5.32 Å². The van der Waals surface area contributed by atoms with Crippen LogP contribution in [-0.4, -0.2) is 63.4 Å². The largest absolute Gasteiger partial charge is 0.381 e. The van der Waals surface area contributed by atoms with E-state index in [1.165, 1.54) is 16.9 Å². The van der Waals surface area contributed by atoms with Crippen molar-refractivity contribution in [1.82, 2.24) is 24.6 Å². The van der Waals surface area contributed by atoms with Crippen LogP contribution in [-0.2, 0) is 4.74 Å². The first-order valence-corrected chi connectivity index (χ1v) is 9.86. The summed E-state index contributed by atoms with van der Waals surface area (Å²) >= 11 is 0. The van der Waals surface area contributed by atoms with E-state index in [-0.39, 0.29) is 23.4 Å². The molecule has 2 N–H and O–H groups in total. The van der Waals surface area contributed by atoms with Crippen LogP contribution in [0.2, 0.25) is 0 Å². The fourth-order valence-electron chi connectivity index (χ4n) is 3.46. The molecule has 0 bridgehead atoms. The monoisotopic (exact) mass is 417 g/mol. The SMILES string of the molecule is CN(C)CCNc1cc2nc(-c3nn(C4CCCCO4)cc3[N+](=O)[O-])[nH]c2cc1F. The number of nitro groups is 1. The molecule has 1 fully saturated rings. The zero-order valence-corrected chi connectivity index (χ0v) is 16.9. The van der Waals surface area contributed by atoms with E-state index in [2.05, 4.69) is 20.4 Å². The van der Waals surface area contributed by atoms with Crippen LogP contribution in [0.5, 0.6) is 0 Å². The Morgan fingerprint density at radius 1 is 1.43 bits per heavy atom. The Bertz CT molecular complexity index is 1060. The predicted molar refractivity (Wildman–Crippen MR) is 110 cm³/mol. The summed E-state index contributed by atoms with van der Waals surface area (Å²) in [7, 11) is 3.87. The van der Waals surface area contributed by atoms with E-state index in [4.69, 9.17) is 4.74 Å². The van der Waals surface area contributed by atoms with Crippen molar-refractivity contribution in [3.63, 3.8) is 0 Å². The summed E-state index contributed by atoms with van der Waals surface area (Å²) in [6.45, 7) is 1.92. The Kier molecular flexibility index (Phi) is 5.64. The first kappa shape index (κ1) is 20.2. The molecule has 0 spiro atoms. The Morgan fingerprint density at radius 2 is 2.27 bits per heavy atom. The first-order chi connectivity index (χ1) is 14.4. The summed E-state index contributed by atoms with van der Waals surface area (Å²) in [5, 5.41) is 19.0. The van der Waals surface area contributed by atoms with E-state index in [0.29, 0.717) is 29.9 Å². The van der Waals surface area contributed by atoms with Gasteiger partial charge in [-0.3, -0.25) is 10.1 Å². The van der Waals surface area contributed by atoms with Gasteiger partial charge < -0.3 is 19.9 Å². The van der Waals surface area contributed by atoms with Crippen LogP contribution in [0.3, 0.4) is 0 Å². The van der Waals surface area contributed by atoms with Gasteiger partial charge in [0.2, 0.25) is 5.69 Å². The minimum Gasteiger partial charge on any atom is -0.381 e. The molecule has 160 valence electrons. The van der Waals surface area contributed by atoms with Crippen LogP contribution >= 0.6 is 0 Å². The van der Waals surface area contributed by atoms with E-state index in [9.17, 15) is 14.5 Å². The van der Waals surface area contributed by atoms with Crippen LogP contribution in [0.15, 0.2) is 18.3 Å². The average Bonchev–Trinajstić information content (AvgIpc) is 3.32. The molecular weight excluding hydrogens is 393 g/mol. The van der Waals surface area contributed by atoms with Crippen molar-refractivity contribution in [3.8, 4) is 11.5 Å². The second-order valence-electron chi connectivity index (χ2n) is 7.59. The Balaban J connectivity index is 1.67. The number of hydrogen-bond donors (Lipinski definition) is 2. The van der Waals surface area contributed by atoms with E-state index >= 15 is 0 Å². The lowest BCUT2D eigenvalue weighted by molar-refractivity contribution is -0.384. The zero-order chi connectivity index (χ0) is 21.3.